The summed E-state index contributed by atoms with van der Waals surface area (Å²) in [6.45, 7) is 0. The molecule has 0 spiro atoms. The van der Waals surface area contributed by atoms with Gasteiger partial charge in [-0.2, -0.15) is 0 Å². The minimum Gasteiger partial charge on any atom is -0.455 e. The molecule has 1 heteroatoms. The van der Waals surface area contributed by atoms with Crippen LogP contribution in [0.15, 0.2) is 223 Å². The van der Waals surface area contributed by atoms with Crippen molar-refractivity contribution in [1.82, 2.24) is 0 Å². The number of fused-ring (bicyclic) bond motifs is 13. The number of rotatable bonds is 4. The lowest BCUT2D eigenvalue weighted by Gasteiger charge is -2.18. The Hall–Kier alpha value is -8.00. The fourth-order valence-corrected chi connectivity index (χ4v) is 10.3. The first-order valence-corrected chi connectivity index (χ1v) is 21.1. The van der Waals surface area contributed by atoms with Crippen LogP contribution in [0.25, 0.3) is 131 Å². The quantitative estimate of drug-likeness (QED) is 0.128. The van der Waals surface area contributed by atoms with Gasteiger partial charge in [0.1, 0.15) is 11.2 Å². The van der Waals surface area contributed by atoms with Crippen molar-refractivity contribution >= 4 is 86.6 Å². The molecule has 0 aliphatic heterocycles. The molecule has 0 saturated heterocycles. The van der Waals surface area contributed by atoms with Gasteiger partial charge in [-0.15, -0.1) is 0 Å². The summed E-state index contributed by atoms with van der Waals surface area (Å²) in [6.07, 6.45) is 0. The predicted molar refractivity (Wildman–Crippen MR) is 260 cm³/mol. The molecule has 0 amide bonds. The molecule has 0 bridgehead atoms. The fraction of sp³-hybridized carbons (Fsp3) is 0. The zero-order valence-electron chi connectivity index (χ0n) is 33.2. The van der Waals surface area contributed by atoms with Crippen molar-refractivity contribution in [1.29, 1.82) is 0 Å². The summed E-state index contributed by atoms with van der Waals surface area (Å²) in [7, 11) is 0. The minimum absolute atomic E-state index is 0.905. The van der Waals surface area contributed by atoms with E-state index in [-0.39, 0.29) is 0 Å². The monoisotopic (exact) mass is 772 g/mol. The van der Waals surface area contributed by atoms with Crippen LogP contribution in [0.5, 0.6) is 0 Å². The molecule has 0 N–H and O–H groups in total. The van der Waals surface area contributed by atoms with Crippen LogP contribution in [0.2, 0.25) is 0 Å². The van der Waals surface area contributed by atoms with Gasteiger partial charge in [-0.25, -0.2) is 0 Å². The third-order valence-corrected chi connectivity index (χ3v) is 13.1. The molecule has 0 unspecified atom stereocenters. The van der Waals surface area contributed by atoms with Crippen LogP contribution in [0.3, 0.4) is 0 Å². The van der Waals surface area contributed by atoms with Crippen molar-refractivity contribution in [2.75, 3.05) is 0 Å². The Labute approximate surface area is 352 Å². The molecule has 13 rings (SSSR count). The number of benzene rings is 12. The van der Waals surface area contributed by atoms with Gasteiger partial charge >= 0.3 is 0 Å². The smallest absolute Gasteiger partial charge is 0.143 e. The van der Waals surface area contributed by atoms with E-state index in [1.807, 2.05) is 0 Å². The highest BCUT2D eigenvalue weighted by atomic mass is 16.3. The van der Waals surface area contributed by atoms with E-state index in [0.29, 0.717) is 0 Å². The minimum atomic E-state index is 0.905. The Morgan fingerprint density at radius 1 is 0.230 bits per heavy atom. The van der Waals surface area contributed by atoms with Crippen LogP contribution in [-0.4, -0.2) is 0 Å². The molecule has 1 aromatic heterocycles. The summed E-state index contributed by atoms with van der Waals surface area (Å²) in [5, 5.41) is 17.3. The SMILES string of the molecule is c1ccc(-c2ccc3c4ccccc4c4ccccc4c3c2)c(-c2ccc(-c3c4ccccc4c(-c4ccc5c(c4)oc4c6ccccc6ccc54)c4ccccc34)cc2)c1. The second kappa shape index (κ2) is 13.3. The first-order valence-electron chi connectivity index (χ1n) is 21.1. The van der Waals surface area contributed by atoms with Gasteiger partial charge in [-0.3, -0.25) is 0 Å². The molecule has 282 valence electrons. The molecule has 1 nitrogen and oxygen atoms in total. The van der Waals surface area contributed by atoms with Crippen molar-refractivity contribution < 1.29 is 4.42 Å². The predicted octanol–water partition coefficient (Wildman–Crippen LogP) is 17.2. The molecule has 61 heavy (non-hydrogen) atoms. The third kappa shape index (κ3) is 5.14. The zero-order valence-corrected chi connectivity index (χ0v) is 33.2. The third-order valence-electron chi connectivity index (χ3n) is 13.1. The summed E-state index contributed by atoms with van der Waals surface area (Å²) in [6, 6.07) is 80.0. The fourth-order valence-electron chi connectivity index (χ4n) is 10.3. The topological polar surface area (TPSA) is 13.1 Å². The molecule has 12 aromatic carbocycles. The summed E-state index contributed by atoms with van der Waals surface area (Å²) in [5.74, 6) is 0. The molecule has 0 radical (unpaired) electrons. The van der Waals surface area contributed by atoms with Crippen molar-refractivity contribution in [3.8, 4) is 44.5 Å². The van der Waals surface area contributed by atoms with Crippen LogP contribution in [-0.2, 0) is 0 Å². The maximum absolute atomic E-state index is 6.68. The van der Waals surface area contributed by atoms with Crippen molar-refractivity contribution in [3.05, 3.63) is 218 Å². The Kier molecular flexibility index (Phi) is 7.37. The molecule has 13 aromatic rings. The van der Waals surface area contributed by atoms with Crippen molar-refractivity contribution in [2.24, 2.45) is 0 Å². The lowest BCUT2D eigenvalue weighted by atomic mass is 9.85. The second-order valence-corrected chi connectivity index (χ2v) is 16.3. The van der Waals surface area contributed by atoms with E-state index in [2.05, 4.69) is 218 Å². The highest BCUT2D eigenvalue weighted by Gasteiger charge is 2.19. The van der Waals surface area contributed by atoms with Gasteiger partial charge in [0.15, 0.2) is 0 Å². The van der Waals surface area contributed by atoms with Gasteiger partial charge < -0.3 is 4.42 Å². The van der Waals surface area contributed by atoms with Gasteiger partial charge in [0.2, 0.25) is 0 Å². The Morgan fingerprint density at radius 3 is 1.26 bits per heavy atom. The molecule has 1 heterocycles. The van der Waals surface area contributed by atoms with Crippen LogP contribution in [0.1, 0.15) is 0 Å². The van der Waals surface area contributed by atoms with Gasteiger partial charge in [0.05, 0.1) is 0 Å². The van der Waals surface area contributed by atoms with E-state index >= 15 is 0 Å². The van der Waals surface area contributed by atoms with Crippen LogP contribution < -0.4 is 0 Å². The lowest BCUT2D eigenvalue weighted by molar-refractivity contribution is 0.673. The van der Waals surface area contributed by atoms with Gasteiger partial charge in [0, 0.05) is 16.2 Å². The maximum atomic E-state index is 6.68. The van der Waals surface area contributed by atoms with E-state index < -0.39 is 0 Å². The standard InChI is InChI=1S/C60H36O/c1-2-16-44-37(13-1)29-34-55-50-33-31-41(36-57(50)61-60(44)55)59-53-23-11-9-21-51(53)58(52-22-10-12-24-54(52)59)39-27-25-38(26-28-39)42-14-3-4-15-43(42)40-30-32-49-47-19-6-5-17-45(47)46-18-7-8-20-48(46)56(49)35-40/h1-36H. The first kappa shape index (κ1) is 33.9. The molecule has 0 saturated carbocycles. The Bertz CT molecular complexity index is 3830. The van der Waals surface area contributed by atoms with Gasteiger partial charge in [-0.05, 0) is 128 Å². The van der Waals surface area contributed by atoms with Crippen LogP contribution in [0, 0.1) is 0 Å². The van der Waals surface area contributed by atoms with E-state index in [0.717, 1.165) is 32.9 Å². The summed E-state index contributed by atoms with van der Waals surface area (Å²) >= 11 is 0. The maximum Gasteiger partial charge on any atom is 0.143 e. The molecule has 0 atom stereocenters. The number of hydrogen-bond acceptors (Lipinski definition) is 1. The molecule has 0 fully saturated rings. The molecule has 0 aliphatic rings. The summed E-state index contributed by atoms with van der Waals surface area (Å²) in [5.41, 5.74) is 11.5. The molecular weight excluding hydrogens is 737 g/mol. The Morgan fingerprint density at radius 2 is 0.639 bits per heavy atom. The van der Waals surface area contributed by atoms with Crippen LogP contribution in [0.4, 0.5) is 0 Å². The second-order valence-electron chi connectivity index (χ2n) is 16.3. The highest BCUT2D eigenvalue weighted by Crippen LogP contribution is 2.46. The highest BCUT2D eigenvalue weighted by molar-refractivity contribution is 6.26. The van der Waals surface area contributed by atoms with Crippen LogP contribution >= 0.6 is 0 Å². The van der Waals surface area contributed by atoms with E-state index in [1.54, 1.807) is 0 Å². The van der Waals surface area contributed by atoms with Gasteiger partial charge in [0.25, 0.3) is 0 Å². The lowest BCUT2D eigenvalue weighted by Crippen LogP contribution is -1.91. The molecular formula is C60H36O. The van der Waals surface area contributed by atoms with Crippen molar-refractivity contribution in [3.63, 3.8) is 0 Å². The normalized spacial score (nSPS) is 11.9. The largest absolute Gasteiger partial charge is 0.455 e. The average molecular weight is 773 g/mol. The average Bonchev–Trinajstić information content (AvgIpc) is 3.72. The summed E-state index contributed by atoms with van der Waals surface area (Å²) < 4.78 is 6.68. The molecule has 0 aliphatic carbocycles. The first-order chi connectivity index (χ1) is 30.3. The van der Waals surface area contributed by atoms with E-state index in [9.17, 15) is 0 Å². The summed E-state index contributed by atoms with van der Waals surface area (Å²) in [4.78, 5) is 0. The number of furan rings is 1. The Balaban J connectivity index is 0.942. The van der Waals surface area contributed by atoms with E-state index in [4.69, 9.17) is 4.42 Å². The van der Waals surface area contributed by atoms with E-state index in [1.165, 1.54) is 98.2 Å². The number of hydrogen-bond donors (Lipinski definition) is 0. The zero-order chi connectivity index (χ0) is 40.0. The van der Waals surface area contributed by atoms with Gasteiger partial charge in [-0.1, -0.05) is 194 Å². The van der Waals surface area contributed by atoms with Crippen molar-refractivity contribution in [2.45, 2.75) is 0 Å².